The Morgan fingerprint density at radius 2 is 2.00 bits per heavy atom. The van der Waals surface area contributed by atoms with Crippen LogP contribution in [0.4, 0.5) is 0 Å². The molecule has 0 radical (unpaired) electrons. The summed E-state index contributed by atoms with van der Waals surface area (Å²) in [7, 11) is 0. The summed E-state index contributed by atoms with van der Waals surface area (Å²) in [5, 5.41) is 14.3. The first-order chi connectivity index (χ1) is 7.15. The van der Waals surface area contributed by atoms with Crippen molar-refractivity contribution < 1.29 is 9.90 Å². The molecule has 0 spiro atoms. The first-order valence-electron chi connectivity index (χ1n) is 4.84. The maximum atomic E-state index is 10.9. The monoisotopic (exact) mass is 223 g/mol. The Hall–Kier alpha value is -1.00. The molecule has 1 aromatic carbocycles. The number of hydrogen-bond acceptors (Lipinski definition) is 3. The van der Waals surface area contributed by atoms with Crippen molar-refractivity contribution in [3.05, 3.63) is 29.8 Å². The minimum Gasteiger partial charge on any atom is -0.481 e. The van der Waals surface area contributed by atoms with Gasteiger partial charge in [-0.25, -0.2) is 0 Å². The van der Waals surface area contributed by atoms with Gasteiger partial charge in [-0.3, -0.25) is 9.93 Å². The summed E-state index contributed by atoms with van der Waals surface area (Å²) in [6.07, 6.45) is 0. The molecule has 0 amide bonds. The second kappa shape index (κ2) is 3.87. The number of carboxylic acids is 1. The molecule has 1 saturated carbocycles. The third-order valence-corrected chi connectivity index (χ3v) is 3.61. The number of rotatable bonds is 3. The van der Waals surface area contributed by atoms with Crippen LogP contribution in [-0.4, -0.2) is 11.1 Å². The molecule has 1 aliphatic carbocycles. The highest BCUT2D eigenvalue weighted by molar-refractivity contribution is 7.97. The zero-order valence-corrected chi connectivity index (χ0v) is 9.20. The van der Waals surface area contributed by atoms with Gasteiger partial charge in [-0.2, -0.15) is 0 Å². The Kier molecular flexibility index (Phi) is 2.71. The molecule has 1 fully saturated rings. The van der Waals surface area contributed by atoms with Crippen LogP contribution in [0.15, 0.2) is 29.2 Å². The van der Waals surface area contributed by atoms with Gasteiger partial charge in [-0.15, -0.1) is 0 Å². The Balaban J connectivity index is 2.15. The summed E-state index contributed by atoms with van der Waals surface area (Å²) in [5.41, 5.74) is 1.10. The van der Waals surface area contributed by atoms with Crippen LogP contribution in [-0.2, 0) is 4.79 Å². The first kappa shape index (κ1) is 10.5. The number of hydrogen-bond donors (Lipinski definition) is 2. The molecule has 1 aromatic rings. The van der Waals surface area contributed by atoms with Crippen molar-refractivity contribution in [2.24, 2.45) is 17.0 Å². The summed E-state index contributed by atoms with van der Waals surface area (Å²) >= 11 is 1.20. The molecular formula is C11H13NO2S. The van der Waals surface area contributed by atoms with Crippen LogP contribution in [0.5, 0.6) is 0 Å². The molecule has 3 atom stereocenters. The van der Waals surface area contributed by atoms with E-state index in [1.54, 1.807) is 0 Å². The van der Waals surface area contributed by atoms with Crippen LogP contribution in [0.1, 0.15) is 18.4 Å². The van der Waals surface area contributed by atoms with Gasteiger partial charge in [-0.1, -0.05) is 19.1 Å². The highest BCUT2D eigenvalue weighted by Crippen LogP contribution is 2.53. The molecule has 80 valence electrons. The summed E-state index contributed by atoms with van der Waals surface area (Å²) in [4.78, 5) is 11.9. The summed E-state index contributed by atoms with van der Waals surface area (Å²) in [6, 6.07) is 7.81. The van der Waals surface area contributed by atoms with Gasteiger partial charge in [0.15, 0.2) is 0 Å². The van der Waals surface area contributed by atoms with Gasteiger partial charge in [0.2, 0.25) is 0 Å². The van der Waals surface area contributed by atoms with Crippen molar-refractivity contribution in [1.82, 2.24) is 0 Å². The van der Waals surface area contributed by atoms with E-state index in [0.29, 0.717) is 0 Å². The topological polar surface area (TPSA) is 63.3 Å². The normalized spacial score (nSPS) is 28.8. The molecule has 3 nitrogen and oxygen atoms in total. The second-order valence-corrected chi connectivity index (χ2v) is 4.64. The average Bonchev–Trinajstić information content (AvgIpc) is 2.90. The van der Waals surface area contributed by atoms with Crippen LogP contribution >= 0.6 is 11.9 Å². The van der Waals surface area contributed by atoms with E-state index in [-0.39, 0.29) is 17.8 Å². The molecule has 0 saturated heterocycles. The van der Waals surface area contributed by atoms with E-state index < -0.39 is 5.97 Å². The van der Waals surface area contributed by atoms with Gasteiger partial charge in [0.25, 0.3) is 0 Å². The van der Waals surface area contributed by atoms with Crippen LogP contribution < -0.4 is 5.14 Å². The molecular weight excluding hydrogens is 210 g/mol. The molecule has 15 heavy (non-hydrogen) atoms. The van der Waals surface area contributed by atoms with E-state index in [1.165, 1.54) is 11.9 Å². The molecule has 2 rings (SSSR count). The van der Waals surface area contributed by atoms with Gasteiger partial charge in [-0.05, 0) is 35.6 Å². The van der Waals surface area contributed by atoms with E-state index >= 15 is 0 Å². The summed E-state index contributed by atoms with van der Waals surface area (Å²) < 4.78 is 0. The lowest BCUT2D eigenvalue weighted by atomic mass is 10.1. The minimum atomic E-state index is -0.690. The number of aliphatic carboxylic acids is 1. The van der Waals surface area contributed by atoms with Crippen molar-refractivity contribution in [1.29, 1.82) is 0 Å². The third kappa shape index (κ3) is 1.87. The SMILES string of the molecule is CC1C(C(=O)O)C1c1ccc(SN)cc1. The van der Waals surface area contributed by atoms with Gasteiger partial charge >= 0.3 is 5.97 Å². The summed E-state index contributed by atoms with van der Waals surface area (Å²) in [5.74, 6) is -0.468. The van der Waals surface area contributed by atoms with Gasteiger partial charge in [0.1, 0.15) is 0 Å². The van der Waals surface area contributed by atoms with Crippen molar-refractivity contribution in [3.8, 4) is 0 Å². The number of carboxylic acid groups (broad SMARTS) is 1. The van der Waals surface area contributed by atoms with Crippen molar-refractivity contribution in [2.75, 3.05) is 0 Å². The summed E-state index contributed by atoms with van der Waals surface area (Å²) in [6.45, 7) is 1.98. The Labute approximate surface area is 92.8 Å². The highest BCUT2D eigenvalue weighted by Gasteiger charge is 2.52. The smallest absolute Gasteiger partial charge is 0.307 e. The molecule has 0 aromatic heterocycles. The molecule has 4 heteroatoms. The fourth-order valence-corrected chi connectivity index (χ4v) is 2.41. The lowest BCUT2D eigenvalue weighted by Crippen LogP contribution is -1.99. The first-order valence-corrected chi connectivity index (χ1v) is 5.72. The van der Waals surface area contributed by atoms with Crippen LogP contribution in [0.2, 0.25) is 0 Å². The third-order valence-electron chi connectivity index (χ3n) is 3.07. The van der Waals surface area contributed by atoms with Crippen molar-refractivity contribution in [2.45, 2.75) is 17.7 Å². The Bertz CT molecular complexity index is 377. The zero-order valence-electron chi connectivity index (χ0n) is 8.38. The lowest BCUT2D eigenvalue weighted by Gasteiger charge is -2.00. The van der Waals surface area contributed by atoms with Gasteiger partial charge in [0, 0.05) is 10.8 Å². The second-order valence-electron chi connectivity index (χ2n) is 3.94. The quantitative estimate of drug-likeness (QED) is 0.770. The lowest BCUT2D eigenvalue weighted by molar-refractivity contribution is -0.138. The predicted octanol–water partition coefficient (Wildman–Crippen LogP) is 2.09. The Morgan fingerprint density at radius 3 is 2.40 bits per heavy atom. The molecule has 1 aliphatic rings. The van der Waals surface area contributed by atoms with E-state index in [1.807, 2.05) is 31.2 Å². The molecule has 0 aliphatic heterocycles. The van der Waals surface area contributed by atoms with Crippen LogP contribution in [0.3, 0.4) is 0 Å². The van der Waals surface area contributed by atoms with E-state index in [9.17, 15) is 4.79 Å². The molecule has 3 unspecified atom stereocenters. The average molecular weight is 223 g/mol. The fourth-order valence-electron chi connectivity index (χ4n) is 2.12. The fraction of sp³-hybridized carbons (Fsp3) is 0.364. The van der Waals surface area contributed by atoms with Crippen LogP contribution in [0.25, 0.3) is 0 Å². The largest absolute Gasteiger partial charge is 0.481 e. The van der Waals surface area contributed by atoms with Gasteiger partial charge in [0.05, 0.1) is 5.92 Å². The van der Waals surface area contributed by atoms with E-state index in [2.05, 4.69) is 0 Å². The number of benzene rings is 1. The number of nitrogens with two attached hydrogens (primary N) is 1. The molecule has 0 bridgehead atoms. The van der Waals surface area contributed by atoms with E-state index in [0.717, 1.165) is 10.5 Å². The Morgan fingerprint density at radius 1 is 1.40 bits per heavy atom. The minimum absolute atomic E-state index is 0.180. The number of carbonyl (C=O) groups is 1. The zero-order chi connectivity index (χ0) is 11.0. The van der Waals surface area contributed by atoms with Gasteiger partial charge < -0.3 is 5.11 Å². The highest BCUT2D eigenvalue weighted by atomic mass is 32.2. The van der Waals surface area contributed by atoms with E-state index in [4.69, 9.17) is 10.2 Å². The molecule has 3 N–H and O–H groups in total. The molecule has 0 heterocycles. The van der Waals surface area contributed by atoms with Crippen molar-refractivity contribution in [3.63, 3.8) is 0 Å². The van der Waals surface area contributed by atoms with Crippen molar-refractivity contribution >= 4 is 17.9 Å². The standard InChI is InChI=1S/C11H13NO2S/c1-6-9(10(6)11(13)14)7-2-4-8(15-12)5-3-7/h2-6,9-10H,12H2,1H3,(H,13,14). The maximum Gasteiger partial charge on any atom is 0.307 e. The maximum absolute atomic E-state index is 10.9. The van der Waals surface area contributed by atoms with Crippen LogP contribution in [0, 0.1) is 11.8 Å². The predicted molar refractivity (Wildman–Crippen MR) is 59.5 cm³/mol.